The van der Waals surface area contributed by atoms with Gasteiger partial charge in [-0.1, -0.05) is 13.8 Å². The van der Waals surface area contributed by atoms with Gasteiger partial charge in [-0.2, -0.15) is 4.98 Å². The van der Waals surface area contributed by atoms with Gasteiger partial charge in [0.1, 0.15) is 17.7 Å². The van der Waals surface area contributed by atoms with Crippen molar-refractivity contribution in [1.29, 1.82) is 0 Å². The molecule has 0 saturated heterocycles. The molecule has 0 radical (unpaired) electrons. The zero-order valence-corrected chi connectivity index (χ0v) is 12.8. The van der Waals surface area contributed by atoms with E-state index in [0.717, 1.165) is 30.4 Å². The van der Waals surface area contributed by atoms with Crippen LogP contribution in [0.2, 0.25) is 0 Å². The second kappa shape index (κ2) is 5.23. The molecule has 2 aliphatic carbocycles. The van der Waals surface area contributed by atoms with Crippen LogP contribution in [0.4, 0.5) is 5.82 Å². The first-order valence-corrected chi connectivity index (χ1v) is 7.79. The Morgan fingerprint density at radius 3 is 2.45 bits per heavy atom. The molecule has 1 N–H and O–H groups in total. The van der Waals surface area contributed by atoms with Gasteiger partial charge >= 0.3 is 0 Å². The molecule has 4 nitrogen and oxygen atoms in total. The lowest BCUT2D eigenvalue weighted by Crippen LogP contribution is -2.28. The summed E-state index contributed by atoms with van der Waals surface area (Å²) in [5, 5.41) is 3.11. The standard InChI is InChI=1S/C16H25N3O/c1-16(2)8-6-12(7-9-16)20-14-10-13(17-3)18-15(19-14)11-4-5-11/h10-12H,4-9H2,1-3H3,(H,17,18,19). The lowest BCUT2D eigenvalue weighted by molar-refractivity contribution is 0.0946. The van der Waals surface area contributed by atoms with E-state index in [0.29, 0.717) is 17.4 Å². The average Bonchev–Trinajstić information content (AvgIpc) is 3.25. The van der Waals surface area contributed by atoms with E-state index in [4.69, 9.17) is 4.74 Å². The first-order valence-electron chi connectivity index (χ1n) is 7.79. The highest BCUT2D eigenvalue weighted by Gasteiger charge is 2.30. The maximum absolute atomic E-state index is 6.12. The molecule has 1 aromatic rings. The monoisotopic (exact) mass is 275 g/mol. The fraction of sp³-hybridized carbons (Fsp3) is 0.750. The van der Waals surface area contributed by atoms with Gasteiger partial charge in [0.2, 0.25) is 5.88 Å². The molecule has 2 saturated carbocycles. The van der Waals surface area contributed by atoms with Crippen LogP contribution in [-0.2, 0) is 0 Å². The summed E-state index contributed by atoms with van der Waals surface area (Å²) in [5.41, 5.74) is 0.473. The molecule has 1 heterocycles. The molecule has 3 rings (SSSR count). The van der Waals surface area contributed by atoms with Crippen molar-refractivity contribution in [1.82, 2.24) is 9.97 Å². The molecular weight excluding hydrogens is 250 g/mol. The van der Waals surface area contributed by atoms with Gasteiger partial charge in [0.15, 0.2) is 0 Å². The first-order chi connectivity index (χ1) is 9.55. The van der Waals surface area contributed by atoms with Crippen LogP contribution < -0.4 is 10.1 Å². The fourth-order valence-electron chi connectivity index (χ4n) is 2.82. The summed E-state index contributed by atoms with van der Waals surface area (Å²) < 4.78 is 6.12. The van der Waals surface area contributed by atoms with Crippen molar-refractivity contribution in [2.45, 2.75) is 64.4 Å². The maximum atomic E-state index is 6.12. The molecule has 0 spiro atoms. The quantitative estimate of drug-likeness (QED) is 0.909. The number of nitrogens with one attached hydrogen (secondary N) is 1. The van der Waals surface area contributed by atoms with E-state index in [1.807, 2.05) is 13.1 Å². The zero-order chi connectivity index (χ0) is 14.2. The van der Waals surface area contributed by atoms with E-state index in [2.05, 4.69) is 29.1 Å². The van der Waals surface area contributed by atoms with Crippen LogP contribution in [0.25, 0.3) is 0 Å². The van der Waals surface area contributed by atoms with Gasteiger partial charge in [-0.3, -0.25) is 0 Å². The molecule has 0 atom stereocenters. The Bertz CT molecular complexity index is 473. The molecule has 0 amide bonds. The van der Waals surface area contributed by atoms with Crippen LogP contribution in [0, 0.1) is 5.41 Å². The topological polar surface area (TPSA) is 47.0 Å². The highest BCUT2D eigenvalue weighted by molar-refractivity contribution is 5.38. The Hall–Kier alpha value is -1.32. The third kappa shape index (κ3) is 3.22. The summed E-state index contributed by atoms with van der Waals surface area (Å²) >= 11 is 0. The number of ether oxygens (including phenoxy) is 1. The highest BCUT2D eigenvalue weighted by Crippen LogP contribution is 2.40. The van der Waals surface area contributed by atoms with Crippen molar-refractivity contribution in [3.63, 3.8) is 0 Å². The normalized spacial score (nSPS) is 22.6. The van der Waals surface area contributed by atoms with Gasteiger partial charge in [0.25, 0.3) is 0 Å². The van der Waals surface area contributed by atoms with Crippen LogP contribution in [0.15, 0.2) is 6.07 Å². The Morgan fingerprint density at radius 1 is 1.15 bits per heavy atom. The molecule has 2 aliphatic rings. The lowest BCUT2D eigenvalue weighted by Gasteiger charge is -2.34. The minimum absolute atomic E-state index is 0.315. The van der Waals surface area contributed by atoms with E-state index in [-0.39, 0.29) is 0 Å². The lowest BCUT2D eigenvalue weighted by atomic mass is 9.76. The van der Waals surface area contributed by atoms with Gasteiger partial charge in [-0.05, 0) is 43.9 Å². The van der Waals surface area contributed by atoms with Gasteiger partial charge in [-0.25, -0.2) is 4.98 Å². The van der Waals surface area contributed by atoms with E-state index in [1.54, 1.807) is 0 Å². The third-order valence-electron chi connectivity index (χ3n) is 4.49. The predicted octanol–water partition coefficient (Wildman–Crippen LogP) is 3.74. The van der Waals surface area contributed by atoms with E-state index in [9.17, 15) is 0 Å². The molecule has 1 aromatic heterocycles. The molecule has 20 heavy (non-hydrogen) atoms. The zero-order valence-electron chi connectivity index (χ0n) is 12.8. The number of nitrogens with zero attached hydrogens (tertiary/aromatic N) is 2. The van der Waals surface area contributed by atoms with Gasteiger partial charge in [0.05, 0.1) is 0 Å². The van der Waals surface area contributed by atoms with E-state index < -0.39 is 0 Å². The minimum atomic E-state index is 0.315. The molecular formula is C16H25N3O. The SMILES string of the molecule is CNc1cc(OC2CCC(C)(C)CC2)nc(C2CC2)n1. The first kappa shape index (κ1) is 13.7. The Labute approximate surface area is 121 Å². The summed E-state index contributed by atoms with van der Waals surface area (Å²) in [7, 11) is 1.89. The van der Waals surface area contributed by atoms with Crippen molar-refractivity contribution in [2.75, 3.05) is 12.4 Å². The van der Waals surface area contributed by atoms with Crippen LogP contribution >= 0.6 is 0 Å². The predicted molar refractivity (Wildman–Crippen MR) is 80.2 cm³/mol. The highest BCUT2D eigenvalue weighted by atomic mass is 16.5. The van der Waals surface area contributed by atoms with Crippen molar-refractivity contribution < 1.29 is 4.74 Å². The van der Waals surface area contributed by atoms with Crippen LogP contribution in [-0.4, -0.2) is 23.1 Å². The van der Waals surface area contributed by atoms with Crippen molar-refractivity contribution in [2.24, 2.45) is 5.41 Å². The Kier molecular flexibility index (Phi) is 3.57. The largest absolute Gasteiger partial charge is 0.474 e. The molecule has 0 bridgehead atoms. The summed E-state index contributed by atoms with van der Waals surface area (Å²) in [6, 6.07) is 1.92. The van der Waals surface area contributed by atoms with Crippen molar-refractivity contribution >= 4 is 5.82 Å². The smallest absolute Gasteiger partial charge is 0.219 e. The van der Waals surface area contributed by atoms with Gasteiger partial charge in [0, 0.05) is 19.0 Å². The van der Waals surface area contributed by atoms with Gasteiger partial charge < -0.3 is 10.1 Å². The summed E-state index contributed by atoms with van der Waals surface area (Å²) in [5.74, 6) is 3.11. The minimum Gasteiger partial charge on any atom is -0.474 e. The van der Waals surface area contributed by atoms with E-state index >= 15 is 0 Å². The maximum Gasteiger partial charge on any atom is 0.219 e. The average molecular weight is 275 g/mol. The van der Waals surface area contributed by atoms with Crippen LogP contribution in [0.5, 0.6) is 5.88 Å². The summed E-state index contributed by atoms with van der Waals surface area (Å²) in [6.45, 7) is 4.69. The number of rotatable bonds is 4. The molecule has 0 aliphatic heterocycles. The third-order valence-corrected chi connectivity index (χ3v) is 4.49. The molecule has 2 fully saturated rings. The fourth-order valence-corrected chi connectivity index (χ4v) is 2.82. The second-order valence-electron chi connectivity index (χ2n) is 6.96. The van der Waals surface area contributed by atoms with Crippen LogP contribution in [0.3, 0.4) is 0 Å². The van der Waals surface area contributed by atoms with Gasteiger partial charge in [-0.15, -0.1) is 0 Å². The van der Waals surface area contributed by atoms with Crippen molar-refractivity contribution in [3.05, 3.63) is 11.9 Å². The molecule has 0 aromatic carbocycles. The number of anilines is 1. The van der Waals surface area contributed by atoms with Crippen molar-refractivity contribution in [3.8, 4) is 5.88 Å². The molecule has 0 unspecified atom stereocenters. The van der Waals surface area contributed by atoms with Crippen LogP contribution in [0.1, 0.15) is 64.1 Å². The number of aromatic nitrogens is 2. The second-order valence-corrected chi connectivity index (χ2v) is 6.96. The number of hydrogen-bond acceptors (Lipinski definition) is 4. The van der Waals surface area contributed by atoms with E-state index in [1.165, 1.54) is 25.7 Å². The Morgan fingerprint density at radius 2 is 1.85 bits per heavy atom. The summed E-state index contributed by atoms with van der Waals surface area (Å²) in [6.07, 6.45) is 7.47. The molecule has 4 heteroatoms. The Balaban J connectivity index is 1.69. The molecule has 110 valence electrons. The summed E-state index contributed by atoms with van der Waals surface area (Å²) in [4.78, 5) is 9.13. The number of hydrogen-bond donors (Lipinski definition) is 1.